The average molecular weight is 380 g/mol. The highest BCUT2D eigenvalue weighted by Crippen LogP contribution is 2.22. The molecule has 1 aliphatic carbocycles. The molecule has 110 valence electrons. The lowest BCUT2D eigenvalue weighted by molar-refractivity contribution is -0.121. The van der Waals surface area contributed by atoms with Crippen molar-refractivity contribution >= 4 is 35.8 Å². The van der Waals surface area contributed by atoms with E-state index in [4.69, 9.17) is 0 Å². The number of aliphatic imine (C=N–C) groups is 1. The minimum Gasteiger partial charge on any atom is -0.359 e. The molecule has 1 saturated carbocycles. The summed E-state index contributed by atoms with van der Waals surface area (Å²) in [7, 11) is 3.56. The van der Waals surface area contributed by atoms with E-state index in [1.165, 1.54) is 12.8 Å². The van der Waals surface area contributed by atoms with E-state index in [1.807, 2.05) is 7.05 Å². The number of amides is 1. The van der Waals surface area contributed by atoms with Gasteiger partial charge in [0, 0.05) is 39.6 Å². The summed E-state index contributed by atoms with van der Waals surface area (Å²) < 4.78 is 0. The van der Waals surface area contributed by atoms with Gasteiger partial charge < -0.3 is 15.5 Å². The predicted octanol–water partition coefficient (Wildman–Crippen LogP) is 1.19. The second-order valence-corrected chi connectivity index (χ2v) is 5.27. The molecule has 0 aromatic rings. The number of guanidine groups is 1. The van der Waals surface area contributed by atoms with Crippen LogP contribution in [0.1, 0.15) is 32.1 Å². The summed E-state index contributed by atoms with van der Waals surface area (Å²) in [6, 6.07) is 0.646. The van der Waals surface area contributed by atoms with Crippen LogP contribution >= 0.6 is 24.0 Å². The van der Waals surface area contributed by atoms with Crippen molar-refractivity contribution in [2.24, 2.45) is 10.9 Å². The molecule has 0 bridgehead atoms. The zero-order valence-electron chi connectivity index (χ0n) is 11.8. The number of nitrogens with zero attached hydrogens (tertiary/aromatic N) is 2. The Bertz CT molecular complexity index is 323. The second-order valence-electron chi connectivity index (χ2n) is 5.27. The summed E-state index contributed by atoms with van der Waals surface area (Å²) in [5.74, 6) is 1.73. The summed E-state index contributed by atoms with van der Waals surface area (Å²) in [6.07, 6.45) is 5.37. The topological polar surface area (TPSA) is 56.7 Å². The molecule has 0 aromatic heterocycles. The standard InChI is InChI=1S/C13H24N4O.HI/c1-14-12(18)9-10-5-7-17(8-6-10)13(15-2)16-11-3-4-11;/h10-11H,3-9H2,1-2H3,(H,14,18)(H,15,16);1H. The Morgan fingerprint density at radius 1 is 1.26 bits per heavy atom. The van der Waals surface area contributed by atoms with Gasteiger partial charge in [-0.3, -0.25) is 9.79 Å². The second kappa shape index (κ2) is 7.91. The molecule has 0 aromatic carbocycles. The minimum absolute atomic E-state index is 0. The van der Waals surface area contributed by atoms with Crippen molar-refractivity contribution in [1.29, 1.82) is 0 Å². The summed E-state index contributed by atoms with van der Waals surface area (Å²) in [5.41, 5.74) is 0. The molecular formula is C13H25IN4O. The van der Waals surface area contributed by atoms with Crippen molar-refractivity contribution in [3.05, 3.63) is 0 Å². The van der Waals surface area contributed by atoms with Crippen LogP contribution in [0.4, 0.5) is 0 Å². The van der Waals surface area contributed by atoms with E-state index in [0.29, 0.717) is 18.4 Å². The van der Waals surface area contributed by atoms with Gasteiger partial charge in [0.2, 0.25) is 5.91 Å². The quantitative estimate of drug-likeness (QED) is 0.440. The molecule has 1 saturated heterocycles. The van der Waals surface area contributed by atoms with Crippen LogP contribution in [0, 0.1) is 5.92 Å². The van der Waals surface area contributed by atoms with Gasteiger partial charge in [0.1, 0.15) is 0 Å². The average Bonchev–Trinajstić information content (AvgIpc) is 3.21. The lowest BCUT2D eigenvalue weighted by Gasteiger charge is -2.34. The zero-order valence-corrected chi connectivity index (χ0v) is 14.1. The first kappa shape index (κ1) is 16.5. The van der Waals surface area contributed by atoms with Gasteiger partial charge in [-0.05, 0) is 31.6 Å². The third kappa shape index (κ3) is 5.16. The minimum atomic E-state index is 0. The molecule has 2 aliphatic rings. The monoisotopic (exact) mass is 380 g/mol. The fraction of sp³-hybridized carbons (Fsp3) is 0.846. The van der Waals surface area contributed by atoms with Crippen molar-refractivity contribution < 1.29 is 4.79 Å². The van der Waals surface area contributed by atoms with Gasteiger partial charge >= 0.3 is 0 Å². The van der Waals surface area contributed by atoms with E-state index >= 15 is 0 Å². The van der Waals surface area contributed by atoms with E-state index in [0.717, 1.165) is 31.9 Å². The van der Waals surface area contributed by atoms with Gasteiger partial charge in [-0.25, -0.2) is 0 Å². The number of hydrogen-bond donors (Lipinski definition) is 2. The maximum absolute atomic E-state index is 11.3. The Kier molecular flexibility index (Phi) is 6.88. The van der Waals surface area contributed by atoms with E-state index in [-0.39, 0.29) is 29.9 Å². The lowest BCUT2D eigenvalue weighted by atomic mass is 9.93. The molecule has 5 nitrogen and oxygen atoms in total. The molecule has 19 heavy (non-hydrogen) atoms. The molecule has 2 N–H and O–H groups in total. The van der Waals surface area contributed by atoms with Crippen molar-refractivity contribution in [2.45, 2.75) is 38.1 Å². The van der Waals surface area contributed by atoms with Gasteiger partial charge in [-0.1, -0.05) is 0 Å². The highest BCUT2D eigenvalue weighted by molar-refractivity contribution is 14.0. The number of carbonyl (C=O) groups excluding carboxylic acids is 1. The molecule has 6 heteroatoms. The molecule has 1 heterocycles. The van der Waals surface area contributed by atoms with Crippen LogP contribution in [0.25, 0.3) is 0 Å². The fourth-order valence-corrected chi connectivity index (χ4v) is 2.42. The normalized spacial score (nSPS) is 20.7. The SMILES string of the molecule is CN=C(NC1CC1)N1CCC(CC(=O)NC)CC1.I. The van der Waals surface area contributed by atoms with Crippen LogP contribution in [-0.4, -0.2) is 50.0 Å². The van der Waals surface area contributed by atoms with E-state index < -0.39 is 0 Å². The number of hydrogen-bond acceptors (Lipinski definition) is 2. The number of carbonyl (C=O) groups is 1. The van der Waals surface area contributed by atoms with Crippen LogP contribution in [0.3, 0.4) is 0 Å². The highest BCUT2D eigenvalue weighted by Gasteiger charge is 2.27. The molecular weight excluding hydrogens is 355 g/mol. The van der Waals surface area contributed by atoms with Crippen LogP contribution in [0.15, 0.2) is 4.99 Å². The van der Waals surface area contributed by atoms with Gasteiger partial charge in [0.25, 0.3) is 0 Å². The maximum Gasteiger partial charge on any atom is 0.220 e. The smallest absolute Gasteiger partial charge is 0.220 e. The summed E-state index contributed by atoms with van der Waals surface area (Å²) in [6.45, 7) is 2.02. The molecule has 2 rings (SSSR count). The number of halogens is 1. The molecule has 0 radical (unpaired) electrons. The molecule has 1 amide bonds. The first-order valence-corrected chi connectivity index (χ1v) is 6.91. The van der Waals surface area contributed by atoms with Crippen molar-refractivity contribution in [1.82, 2.24) is 15.5 Å². The lowest BCUT2D eigenvalue weighted by Crippen LogP contribution is -2.46. The Balaban J connectivity index is 0.00000180. The van der Waals surface area contributed by atoms with Crippen molar-refractivity contribution in [2.75, 3.05) is 27.2 Å². The van der Waals surface area contributed by atoms with Gasteiger partial charge in [0.15, 0.2) is 5.96 Å². The number of nitrogens with one attached hydrogen (secondary N) is 2. The van der Waals surface area contributed by atoms with Crippen molar-refractivity contribution in [3.63, 3.8) is 0 Å². The van der Waals surface area contributed by atoms with Crippen LogP contribution < -0.4 is 10.6 Å². The number of piperidine rings is 1. The third-order valence-corrected chi connectivity index (χ3v) is 3.79. The number of rotatable bonds is 3. The van der Waals surface area contributed by atoms with Gasteiger partial charge in [-0.15, -0.1) is 24.0 Å². The Hall–Kier alpha value is -0.530. The first-order chi connectivity index (χ1) is 8.72. The number of likely N-dealkylation sites (tertiary alicyclic amines) is 1. The molecule has 1 aliphatic heterocycles. The summed E-state index contributed by atoms with van der Waals surface area (Å²) in [5, 5.41) is 6.18. The predicted molar refractivity (Wildman–Crippen MR) is 87.9 cm³/mol. The molecule has 0 spiro atoms. The van der Waals surface area contributed by atoms with Crippen LogP contribution in [0.5, 0.6) is 0 Å². The van der Waals surface area contributed by atoms with E-state index in [2.05, 4.69) is 20.5 Å². The molecule has 0 atom stereocenters. The third-order valence-electron chi connectivity index (χ3n) is 3.79. The van der Waals surface area contributed by atoms with E-state index in [1.54, 1.807) is 7.05 Å². The highest BCUT2D eigenvalue weighted by atomic mass is 127. The Morgan fingerprint density at radius 2 is 1.89 bits per heavy atom. The maximum atomic E-state index is 11.3. The fourth-order valence-electron chi connectivity index (χ4n) is 2.42. The van der Waals surface area contributed by atoms with Crippen LogP contribution in [0.2, 0.25) is 0 Å². The molecule has 0 unspecified atom stereocenters. The van der Waals surface area contributed by atoms with Gasteiger partial charge in [-0.2, -0.15) is 0 Å². The summed E-state index contributed by atoms with van der Waals surface area (Å²) >= 11 is 0. The van der Waals surface area contributed by atoms with Crippen LogP contribution in [-0.2, 0) is 4.79 Å². The Morgan fingerprint density at radius 3 is 2.37 bits per heavy atom. The van der Waals surface area contributed by atoms with Crippen molar-refractivity contribution in [3.8, 4) is 0 Å². The first-order valence-electron chi connectivity index (χ1n) is 6.91. The largest absolute Gasteiger partial charge is 0.359 e. The van der Waals surface area contributed by atoms with E-state index in [9.17, 15) is 4.79 Å². The summed E-state index contributed by atoms with van der Waals surface area (Å²) in [4.78, 5) is 18.0. The van der Waals surface area contributed by atoms with Gasteiger partial charge in [0.05, 0.1) is 0 Å². The zero-order chi connectivity index (χ0) is 13.0. The Labute approximate surface area is 132 Å². The molecule has 2 fully saturated rings.